The van der Waals surface area contributed by atoms with Crippen molar-refractivity contribution in [1.82, 2.24) is 19.6 Å². The number of nitrogens with zero attached hydrogens (tertiary/aromatic N) is 5. The zero-order chi connectivity index (χ0) is 24.2. The van der Waals surface area contributed by atoms with Crippen molar-refractivity contribution < 1.29 is 28.9 Å². The topological polar surface area (TPSA) is 164 Å². The highest BCUT2D eigenvalue weighted by molar-refractivity contribution is 8.00. The van der Waals surface area contributed by atoms with Crippen LogP contribution < -0.4 is 15.6 Å². The number of carbonyl (C=O) groups excluding carboxylic acids is 2. The predicted molar refractivity (Wildman–Crippen MR) is 122 cm³/mol. The molecule has 2 aliphatic heterocycles. The van der Waals surface area contributed by atoms with Gasteiger partial charge in [-0.25, -0.2) is 9.36 Å². The fourth-order valence-electron chi connectivity index (χ4n) is 3.42. The number of β-lactam (4-membered cyclic amide) rings is 1. The number of carboxylic acids is 1. The Morgan fingerprint density at radius 2 is 2.18 bits per heavy atom. The molecule has 0 radical (unpaired) electrons. The maximum atomic E-state index is 12.9. The largest absolute Gasteiger partial charge is 0.477 e. The van der Waals surface area contributed by atoms with Crippen LogP contribution in [-0.2, 0) is 25.8 Å². The number of terminal acetylenes is 1. The van der Waals surface area contributed by atoms with Crippen molar-refractivity contribution in [3.63, 3.8) is 0 Å². The summed E-state index contributed by atoms with van der Waals surface area (Å²) >= 11 is 2.22. The minimum atomic E-state index is -1.21. The zero-order valence-corrected chi connectivity index (χ0v) is 19.1. The molecule has 2 aromatic heterocycles. The number of fused-ring (bicyclic) bond motifs is 1. The van der Waals surface area contributed by atoms with Crippen molar-refractivity contribution in [3.05, 3.63) is 47.7 Å². The Bertz CT molecular complexity index is 1240. The van der Waals surface area contributed by atoms with E-state index in [9.17, 15) is 19.5 Å². The van der Waals surface area contributed by atoms with E-state index in [4.69, 9.17) is 17.0 Å². The summed E-state index contributed by atoms with van der Waals surface area (Å²) in [4.78, 5) is 47.9. The van der Waals surface area contributed by atoms with Crippen LogP contribution in [-0.4, -0.2) is 66.6 Å². The highest BCUT2D eigenvalue weighted by atomic mass is 32.2. The minimum Gasteiger partial charge on any atom is -0.477 e. The number of anilines is 1. The Kier molecular flexibility index (Phi) is 6.75. The average molecular weight is 501 g/mol. The van der Waals surface area contributed by atoms with Crippen molar-refractivity contribution in [2.45, 2.75) is 18.0 Å². The molecule has 34 heavy (non-hydrogen) atoms. The van der Waals surface area contributed by atoms with E-state index < -0.39 is 29.2 Å². The van der Waals surface area contributed by atoms with Gasteiger partial charge in [-0.15, -0.1) is 18.2 Å². The summed E-state index contributed by atoms with van der Waals surface area (Å²) in [5, 5.41) is 15.6. The molecule has 2 atom stereocenters. The van der Waals surface area contributed by atoms with Crippen LogP contribution in [0.4, 0.5) is 5.13 Å². The molecule has 4 rings (SSSR count). The number of carboxylic acid groups (broad SMARTS) is 1. The number of hydrogen-bond donors (Lipinski definition) is 3. The first-order valence-corrected chi connectivity index (χ1v) is 11.6. The van der Waals surface area contributed by atoms with Gasteiger partial charge in [-0.3, -0.25) is 14.5 Å². The van der Waals surface area contributed by atoms with Crippen LogP contribution in [0.1, 0.15) is 5.82 Å². The lowest BCUT2D eigenvalue weighted by atomic mass is 10.0. The molecule has 0 bridgehead atoms. The molecular weight excluding hydrogens is 482 g/mol. The standard InChI is InChI=1S/C20H17N7O5S2/c1-2-8-32-24-12(15-23-20(21)34-25-15)16(28)22-13-17(29)27-14(19(30)31)11(10-33-18(13)27)9-26-6-4-3-5-7-26/h1,3-7,13,18H,8-10H2,(H3-,21,22,23,25,28,30,31)/p+1/t13?,18-/m1/s1. The first-order valence-electron chi connectivity index (χ1n) is 9.78. The third-order valence-electron chi connectivity index (χ3n) is 4.86. The number of nitrogens with two attached hydrogens (primary N) is 1. The van der Waals surface area contributed by atoms with Crippen LogP contribution >= 0.6 is 23.3 Å². The maximum absolute atomic E-state index is 12.9. The minimum absolute atomic E-state index is 0.0733. The number of rotatable bonds is 8. The monoisotopic (exact) mass is 500 g/mol. The Hall–Kier alpha value is -3.96. The lowest BCUT2D eigenvalue weighted by molar-refractivity contribution is -0.689. The third-order valence-corrected chi connectivity index (χ3v) is 6.74. The molecule has 14 heteroatoms. The van der Waals surface area contributed by atoms with E-state index in [1.165, 1.54) is 16.7 Å². The van der Waals surface area contributed by atoms with Crippen molar-refractivity contribution in [1.29, 1.82) is 0 Å². The van der Waals surface area contributed by atoms with Gasteiger partial charge in [0.25, 0.3) is 11.8 Å². The Morgan fingerprint density at radius 3 is 2.82 bits per heavy atom. The van der Waals surface area contributed by atoms with E-state index in [1.54, 1.807) is 0 Å². The molecule has 1 saturated heterocycles. The molecule has 12 nitrogen and oxygen atoms in total. The molecule has 2 amide bonds. The van der Waals surface area contributed by atoms with Gasteiger partial charge in [-0.2, -0.15) is 9.36 Å². The smallest absolute Gasteiger partial charge is 0.352 e. The first-order chi connectivity index (χ1) is 16.4. The normalized spacial score (nSPS) is 19.7. The molecule has 1 unspecified atom stereocenters. The van der Waals surface area contributed by atoms with E-state index in [1.807, 2.05) is 35.2 Å². The van der Waals surface area contributed by atoms with Crippen LogP contribution in [0.3, 0.4) is 0 Å². The first kappa shape index (κ1) is 23.2. The van der Waals surface area contributed by atoms with Crippen molar-refractivity contribution in [2.75, 3.05) is 18.1 Å². The van der Waals surface area contributed by atoms with Gasteiger partial charge in [0, 0.05) is 35.0 Å². The molecule has 2 aromatic rings. The van der Waals surface area contributed by atoms with Gasteiger partial charge in [0.2, 0.25) is 11.5 Å². The van der Waals surface area contributed by atoms with Crippen molar-refractivity contribution in [3.8, 4) is 12.3 Å². The van der Waals surface area contributed by atoms with Crippen LogP contribution in [0.25, 0.3) is 0 Å². The fraction of sp³-hybridized carbons (Fsp3) is 0.250. The second-order valence-electron chi connectivity index (χ2n) is 7.04. The van der Waals surface area contributed by atoms with Crippen molar-refractivity contribution in [2.24, 2.45) is 5.16 Å². The van der Waals surface area contributed by atoms with E-state index in [-0.39, 0.29) is 29.0 Å². The molecule has 1 fully saturated rings. The fourth-order valence-corrected chi connectivity index (χ4v) is 5.19. The summed E-state index contributed by atoms with van der Waals surface area (Å²) in [6.07, 6.45) is 8.76. The Morgan fingerprint density at radius 1 is 1.41 bits per heavy atom. The van der Waals surface area contributed by atoms with Gasteiger partial charge >= 0.3 is 5.97 Å². The molecule has 0 aromatic carbocycles. The second kappa shape index (κ2) is 9.89. The van der Waals surface area contributed by atoms with Gasteiger partial charge < -0.3 is 21.0 Å². The van der Waals surface area contributed by atoms with Crippen LogP contribution in [0.2, 0.25) is 0 Å². The lowest BCUT2D eigenvalue weighted by Gasteiger charge is -2.49. The zero-order valence-electron chi connectivity index (χ0n) is 17.5. The molecule has 174 valence electrons. The SMILES string of the molecule is C#CCON=C(C(=O)NC1C(=O)N2C(C(=O)O)=C(C[n+]3ccccc3)CS[C@H]12)c1nsc(N)n1. The van der Waals surface area contributed by atoms with E-state index >= 15 is 0 Å². The van der Waals surface area contributed by atoms with E-state index in [0.29, 0.717) is 17.9 Å². The number of amides is 2. The summed E-state index contributed by atoms with van der Waals surface area (Å²) in [6.45, 7) is 0.128. The highest BCUT2D eigenvalue weighted by Crippen LogP contribution is 2.40. The number of nitrogen functional groups attached to an aromatic ring is 1. The number of thioether (sulfide) groups is 1. The van der Waals surface area contributed by atoms with Gasteiger partial charge in [0.1, 0.15) is 17.1 Å². The van der Waals surface area contributed by atoms with E-state index in [2.05, 4.69) is 25.8 Å². The Labute approximate surface area is 201 Å². The quantitative estimate of drug-likeness (QED) is 0.105. The average Bonchev–Trinajstić information content (AvgIpc) is 3.26. The van der Waals surface area contributed by atoms with Crippen LogP contribution in [0, 0.1) is 12.3 Å². The summed E-state index contributed by atoms with van der Waals surface area (Å²) < 4.78 is 5.77. The second-order valence-corrected chi connectivity index (χ2v) is 8.93. The summed E-state index contributed by atoms with van der Waals surface area (Å²) in [7, 11) is 0. The molecule has 4 heterocycles. The molecule has 0 aliphatic carbocycles. The number of pyridine rings is 1. The maximum Gasteiger partial charge on any atom is 0.352 e. The summed E-state index contributed by atoms with van der Waals surface area (Å²) in [5.41, 5.74) is 5.81. The number of hydrogen-bond acceptors (Lipinski definition) is 10. The highest BCUT2D eigenvalue weighted by Gasteiger charge is 2.54. The van der Waals surface area contributed by atoms with Gasteiger partial charge in [-0.1, -0.05) is 17.1 Å². The summed E-state index contributed by atoms with van der Waals surface area (Å²) in [6, 6.07) is 4.55. The van der Waals surface area contributed by atoms with E-state index in [0.717, 1.165) is 11.5 Å². The Balaban J connectivity index is 1.53. The molecule has 0 saturated carbocycles. The van der Waals surface area contributed by atoms with Crippen LogP contribution in [0.5, 0.6) is 0 Å². The number of aliphatic carboxylic acids is 1. The number of oxime groups is 1. The van der Waals surface area contributed by atoms with Gasteiger partial charge in [0.05, 0.1) is 0 Å². The van der Waals surface area contributed by atoms with Crippen molar-refractivity contribution >= 4 is 51.9 Å². The van der Waals surface area contributed by atoms with Gasteiger partial charge in [-0.05, 0) is 0 Å². The molecule has 4 N–H and O–H groups in total. The third kappa shape index (κ3) is 4.56. The molecular formula is C20H18N7O5S2+. The molecule has 2 aliphatic rings. The summed E-state index contributed by atoms with van der Waals surface area (Å²) in [5.74, 6) is -0.0226. The van der Waals surface area contributed by atoms with Gasteiger partial charge in [0.15, 0.2) is 30.7 Å². The number of aromatic nitrogens is 3. The number of carbonyl (C=O) groups is 3. The number of nitrogens with one attached hydrogen (secondary N) is 1. The molecule has 0 spiro atoms. The predicted octanol–water partition coefficient (Wildman–Crippen LogP) is -0.799. The lowest BCUT2D eigenvalue weighted by Crippen LogP contribution is -2.71. The van der Waals surface area contributed by atoms with Crippen LogP contribution in [0.15, 0.2) is 47.0 Å².